The molecule has 0 nitrogen and oxygen atoms in total. The van der Waals surface area contributed by atoms with E-state index in [9.17, 15) is 22.0 Å². The van der Waals surface area contributed by atoms with Gasteiger partial charge in [0.2, 0.25) is 0 Å². The second kappa shape index (κ2) is 9.07. The van der Waals surface area contributed by atoms with Crippen LogP contribution in [0.25, 0.3) is 11.1 Å². The largest absolute Gasteiger partial charge is 0.458 e. The zero-order valence-corrected chi connectivity index (χ0v) is 17.5. The fraction of sp³-hybridized carbons (Fsp3) is 0.520. The molecule has 1 aliphatic carbocycles. The Hall–Kier alpha value is -1.91. The molecular weight excluding hydrogens is 395 g/mol. The Morgan fingerprint density at radius 2 is 1.27 bits per heavy atom. The lowest BCUT2D eigenvalue weighted by Crippen LogP contribution is -2.33. The van der Waals surface area contributed by atoms with Gasteiger partial charge in [-0.25, -0.2) is 0 Å². The summed E-state index contributed by atoms with van der Waals surface area (Å²) < 4.78 is 64.4. The molecule has 0 radical (unpaired) electrons. The predicted octanol–water partition coefficient (Wildman–Crippen LogP) is 8.72. The zero-order valence-electron chi connectivity index (χ0n) is 17.5. The van der Waals surface area contributed by atoms with E-state index < -0.39 is 17.7 Å². The van der Waals surface area contributed by atoms with Crippen LogP contribution in [-0.2, 0) is 5.92 Å². The molecule has 0 atom stereocenters. The highest BCUT2D eigenvalue weighted by Crippen LogP contribution is 2.44. The third-order valence-corrected chi connectivity index (χ3v) is 6.32. The van der Waals surface area contributed by atoms with E-state index in [0.717, 1.165) is 29.5 Å². The Morgan fingerprint density at radius 3 is 1.73 bits per heavy atom. The van der Waals surface area contributed by atoms with E-state index in [2.05, 4.69) is 26.0 Å². The number of hydrogen-bond acceptors (Lipinski definition) is 0. The summed E-state index contributed by atoms with van der Waals surface area (Å²) in [5, 5.41) is 0. The second-order valence-electron chi connectivity index (χ2n) is 8.96. The lowest BCUT2D eigenvalue weighted by Gasteiger charge is -2.29. The fourth-order valence-corrected chi connectivity index (χ4v) is 4.34. The molecule has 0 unspecified atom stereocenters. The van der Waals surface area contributed by atoms with Gasteiger partial charge in [0.15, 0.2) is 0 Å². The van der Waals surface area contributed by atoms with Gasteiger partial charge in [0.1, 0.15) is 0 Å². The maximum Gasteiger partial charge on any atom is 0.458 e. The van der Waals surface area contributed by atoms with Crippen LogP contribution in [0.4, 0.5) is 22.0 Å². The van der Waals surface area contributed by atoms with Gasteiger partial charge >= 0.3 is 12.1 Å². The van der Waals surface area contributed by atoms with Crippen molar-refractivity contribution in [1.82, 2.24) is 0 Å². The molecule has 1 saturated carbocycles. The fourth-order valence-electron chi connectivity index (χ4n) is 4.34. The van der Waals surface area contributed by atoms with Crippen molar-refractivity contribution in [2.75, 3.05) is 0 Å². The van der Waals surface area contributed by atoms with Gasteiger partial charge < -0.3 is 0 Å². The molecule has 1 fully saturated rings. The van der Waals surface area contributed by atoms with Gasteiger partial charge in [-0.15, -0.1) is 0 Å². The van der Waals surface area contributed by atoms with Gasteiger partial charge in [0.05, 0.1) is 0 Å². The highest BCUT2D eigenvalue weighted by atomic mass is 19.4. The summed E-state index contributed by atoms with van der Waals surface area (Å²) in [4.78, 5) is 0. The summed E-state index contributed by atoms with van der Waals surface area (Å²) in [7, 11) is 0. The number of rotatable bonds is 6. The molecule has 0 heterocycles. The van der Waals surface area contributed by atoms with Crippen LogP contribution in [0.5, 0.6) is 0 Å². The van der Waals surface area contributed by atoms with Gasteiger partial charge in [-0.3, -0.25) is 0 Å². The number of alkyl halides is 5. The van der Waals surface area contributed by atoms with Crippen LogP contribution < -0.4 is 0 Å². The maximum absolute atomic E-state index is 13.4. The molecule has 0 N–H and O–H groups in total. The Bertz CT molecular complexity index is 795. The van der Waals surface area contributed by atoms with E-state index in [1.54, 1.807) is 0 Å². The van der Waals surface area contributed by atoms with Crippen LogP contribution in [0.2, 0.25) is 0 Å². The first kappa shape index (κ1) is 22.8. The molecule has 2 aromatic rings. The van der Waals surface area contributed by atoms with Crippen LogP contribution in [0.15, 0.2) is 48.5 Å². The lowest BCUT2D eigenvalue weighted by atomic mass is 9.76. The Balaban J connectivity index is 1.62. The summed E-state index contributed by atoms with van der Waals surface area (Å²) in [5.74, 6) is -2.72. The molecular formula is C25H29F5. The quantitative estimate of drug-likeness (QED) is 0.407. The van der Waals surface area contributed by atoms with Crippen molar-refractivity contribution in [3.63, 3.8) is 0 Å². The van der Waals surface area contributed by atoms with E-state index in [1.165, 1.54) is 56.2 Å². The van der Waals surface area contributed by atoms with Crippen molar-refractivity contribution in [1.29, 1.82) is 0 Å². The van der Waals surface area contributed by atoms with Crippen molar-refractivity contribution in [2.45, 2.75) is 70.4 Å². The van der Waals surface area contributed by atoms with Crippen molar-refractivity contribution >= 4 is 0 Å². The molecule has 0 amide bonds. The Morgan fingerprint density at radius 1 is 0.767 bits per heavy atom. The molecule has 5 heteroatoms. The molecule has 0 spiro atoms. The van der Waals surface area contributed by atoms with Crippen LogP contribution in [-0.4, -0.2) is 6.18 Å². The molecule has 0 aliphatic heterocycles. The average molecular weight is 424 g/mol. The molecule has 2 aromatic carbocycles. The van der Waals surface area contributed by atoms with Crippen molar-refractivity contribution < 1.29 is 22.0 Å². The van der Waals surface area contributed by atoms with E-state index in [4.69, 9.17) is 0 Å². The van der Waals surface area contributed by atoms with Gasteiger partial charge in [0, 0.05) is 5.56 Å². The number of hydrogen-bond donors (Lipinski definition) is 0. The smallest absolute Gasteiger partial charge is 0.191 e. The minimum atomic E-state index is -5.59. The van der Waals surface area contributed by atoms with Crippen molar-refractivity contribution in [2.24, 2.45) is 11.8 Å². The molecule has 0 bridgehead atoms. The third kappa shape index (κ3) is 5.22. The van der Waals surface area contributed by atoms with Gasteiger partial charge in [0.25, 0.3) is 0 Å². The van der Waals surface area contributed by atoms with Crippen LogP contribution in [0, 0.1) is 11.8 Å². The summed E-state index contributed by atoms with van der Waals surface area (Å²) in [6, 6.07) is 12.3. The SMILES string of the molecule is CC(C)CCC1CCC(c2ccc(-c3ccc(C(F)(F)C(F)(F)F)cc3)cc2)CC1. The third-order valence-electron chi connectivity index (χ3n) is 6.32. The molecule has 30 heavy (non-hydrogen) atoms. The molecule has 0 saturated heterocycles. The van der Waals surface area contributed by atoms with E-state index in [-0.39, 0.29) is 0 Å². The average Bonchev–Trinajstić information content (AvgIpc) is 2.72. The van der Waals surface area contributed by atoms with E-state index in [1.807, 2.05) is 12.1 Å². The van der Waals surface area contributed by atoms with E-state index in [0.29, 0.717) is 11.5 Å². The summed E-state index contributed by atoms with van der Waals surface area (Å²) in [6.07, 6.45) is 1.89. The molecule has 1 aliphatic rings. The van der Waals surface area contributed by atoms with Crippen LogP contribution >= 0.6 is 0 Å². The topological polar surface area (TPSA) is 0 Å². The first-order valence-electron chi connectivity index (χ1n) is 10.7. The predicted molar refractivity (Wildman–Crippen MR) is 111 cm³/mol. The zero-order chi connectivity index (χ0) is 21.9. The first-order valence-corrected chi connectivity index (χ1v) is 10.7. The van der Waals surface area contributed by atoms with Gasteiger partial charge in [-0.2, -0.15) is 22.0 Å². The second-order valence-corrected chi connectivity index (χ2v) is 8.96. The van der Waals surface area contributed by atoms with Crippen LogP contribution in [0.3, 0.4) is 0 Å². The Labute approximate surface area is 175 Å². The summed E-state index contributed by atoms with van der Waals surface area (Å²) in [5.41, 5.74) is 1.68. The number of halogens is 5. The highest BCUT2D eigenvalue weighted by Gasteiger charge is 2.58. The molecule has 3 rings (SSSR count). The van der Waals surface area contributed by atoms with Crippen molar-refractivity contribution in [3.8, 4) is 11.1 Å². The minimum Gasteiger partial charge on any atom is -0.191 e. The van der Waals surface area contributed by atoms with E-state index >= 15 is 0 Å². The normalized spacial score (nSPS) is 20.5. The standard InChI is InChI=1S/C25H29F5/c1-17(2)3-4-18-5-7-19(8-6-18)20-9-11-21(12-10-20)22-13-15-23(16-14-22)24(26,27)25(28,29)30/h9-19H,3-8H2,1-2H3. The van der Waals surface area contributed by atoms with Gasteiger partial charge in [-0.1, -0.05) is 75.2 Å². The molecule has 164 valence electrons. The monoisotopic (exact) mass is 424 g/mol. The summed E-state index contributed by atoms with van der Waals surface area (Å²) in [6.45, 7) is 4.53. The maximum atomic E-state index is 13.4. The lowest BCUT2D eigenvalue weighted by molar-refractivity contribution is -0.289. The first-order chi connectivity index (χ1) is 14.1. The summed E-state index contributed by atoms with van der Waals surface area (Å²) >= 11 is 0. The number of benzene rings is 2. The van der Waals surface area contributed by atoms with Crippen LogP contribution in [0.1, 0.15) is 69.4 Å². The minimum absolute atomic E-state index is 0.544. The Kier molecular flexibility index (Phi) is 6.88. The van der Waals surface area contributed by atoms with Gasteiger partial charge in [-0.05, 0) is 60.1 Å². The molecule has 0 aromatic heterocycles. The highest BCUT2D eigenvalue weighted by molar-refractivity contribution is 5.64. The van der Waals surface area contributed by atoms with Crippen molar-refractivity contribution in [3.05, 3.63) is 59.7 Å².